The lowest BCUT2D eigenvalue weighted by molar-refractivity contribution is -0.187. The van der Waals surface area contributed by atoms with Gasteiger partial charge < -0.3 is 10.1 Å². The molecule has 1 N–H and O–H groups in total. The van der Waals surface area contributed by atoms with Crippen molar-refractivity contribution in [2.45, 2.75) is 31.1 Å². The highest BCUT2D eigenvalue weighted by Gasteiger charge is 2.44. The monoisotopic (exact) mass is 290 g/mol. The SMILES string of the molecule is COc1ccnc(NC2CCC(C(F)(F)F)N(C)C2)n1. The molecule has 2 unspecified atom stereocenters. The molecule has 112 valence electrons. The lowest BCUT2D eigenvalue weighted by atomic mass is 9.98. The third-order valence-electron chi connectivity index (χ3n) is 3.38. The Morgan fingerprint density at radius 1 is 1.40 bits per heavy atom. The highest BCUT2D eigenvalue weighted by Crippen LogP contribution is 2.31. The molecular weight excluding hydrogens is 273 g/mol. The molecule has 1 aliphatic heterocycles. The van der Waals surface area contributed by atoms with E-state index in [0.29, 0.717) is 24.8 Å². The van der Waals surface area contributed by atoms with Gasteiger partial charge in [-0.2, -0.15) is 18.2 Å². The molecule has 1 aliphatic rings. The van der Waals surface area contributed by atoms with E-state index in [0.717, 1.165) is 0 Å². The second-order valence-corrected chi connectivity index (χ2v) is 4.84. The predicted octanol–water partition coefficient (Wildman–Crippen LogP) is 1.92. The van der Waals surface area contributed by atoms with Gasteiger partial charge in [0, 0.05) is 24.8 Å². The second kappa shape index (κ2) is 5.82. The maximum atomic E-state index is 12.7. The molecule has 5 nitrogen and oxygen atoms in total. The van der Waals surface area contributed by atoms with Crippen LogP contribution >= 0.6 is 0 Å². The normalized spacial score (nSPS) is 24.4. The highest BCUT2D eigenvalue weighted by molar-refractivity contribution is 5.29. The molecule has 1 fully saturated rings. The maximum Gasteiger partial charge on any atom is 0.404 e. The van der Waals surface area contributed by atoms with Gasteiger partial charge >= 0.3 is 6.18 Å². The van der Waals surface area contributed by atoms with Gasteiger partial charge in [-0.1, -0.05) is 0 Å². The summed E-state index contributed by atoms with van der Waals surface area (Å²) in [5.74, 6) is 0.785. The molecule has 8 heteroatoms. The van der Waals surface area contributed by atoms with E-state index in [1.807, 2.05) is 0 Å². The first-order chi connectivity index (χ1) is 9.40. The molecule has 0 radical (unpaired) electrons. The number of likely N-dealkylation sites (N-methyl/N-ethyl adjacent to an activating group) is 1. The summed E-state index contributed by atoms with van der Waals surface area (Å²) in [6, 6.07) is 0.134. The van der Waals surface area contributed by atoms with Crippen molar-refractivity contribution in [3.63, 3.8) is 0 Å². The fourth-order valence-electron chi connectivity index (χ4n) is 2.38. The lowest BCUT2D eigenvalue weighted by Gasteiger charge is -2.38. The van der Waals surface area contributed by atoms with Crippen molar-refractivity contribution in [3.8, 4) is 5.88 Å². The van der Waals surface area contributed by atoms with E-state index in [1.165, 1.54) is 19.1 Å². The fourth-order valence-corrected chi connectivity index (χ4v) is 2.38. The largest absolute Gasteiger partial charge is 0.481 e. The van der Waals surface area contributed by atoms with Crippen LogP contribution in [-0.4, -0.2) is 53.8 Å². The molecule has 2 heterocycles. The highest BCUT2D eigenvalue weighted by atomic mass is 19.4. The van der Waals surface area contributed by atoms with Gasteiger partial charge in [-0.25, -0.2) is 4.98 Å². The number of aromatic nitrogens is 2. The molecule has 0 aliphatic carbocycles. The number of halogens is 3. The molecule has 20 heavy (non-hydrogen) atoms. The van der Waals surface area contributed by atoms with Gasteiger partial charge in [-0.05, 0) is 19.9 Å². The molecule has 0 bridgehead atoms. The third kappa shape index (κ3) is 3.50. The van der Waals surface area contributed by atoms with Gasteiger partial charge in [0.15, 0.2) is 0 Å². The summed E-state index contributed by atoms with van der Waals surface area (Å²) in [5.41, 5.74) is 0. The first kappa shape index (κ1) is 14.8. The summed E-state index contributed by atoms with van der Waals surface area (Å²) in [4.78, 5) is 9.45. The number of anilines is 1. The van der Waals surface area contributed by atoms with E-state index in [9.17, 15) is 13.2 Å². The Kier molecular flexibility index (Phi) is 4.32. The summed E-state index contributed by atoms with van der Waals surface area (Å²) in [7, 11) is 2.98. The molecular formula is C12H17F3N4O. The molecule has 0 spiro atoms. The van der Waals surface area contributed by atoms with E-state index in [2.05, 4.69) is 15.3 Å². The lowest BCUT2D eigenvalue weighted by Crippen LogP contribution is -2.52. The van der Waals surface area contributed by atoms with Crippen LogP contribution in [0.25, 0.3) is 0 Å². The van der Waals surface area contributed by atoms with Gasteiger partial charge in [0.1, 0.15) is 6.04 Å². The van der Waals surface area contributed by atoms with E-state index in [4.69, 9.17) is 4.74 Å². The van der Waals surface area contributed by atoms with Crippen LogP contribution in [0.2, 0.25) is 0 Å². The molecule has 2 atom stereocenters. The Labute approximate surface area is 115 Å². The number of nitrogens with zero attached hydrogens (tertiary/aromatic N) is 3. The Morgan fingerprint density at radius 3 is 2.75 bits per heavy atom. The summed E-state index contributed by atoms with van der Waals surface area (Å²) < 4.78 is 43.2. The standard InChI is InChI=1S/C12H17F3N4O/c1-19-7-8(3-4-9(19)12(13,14)15)17-11-16-6-5-10(18-11)20-2/h5-6,8-9H,3-4,7H2,1-2H3,(H,16,17,18). The molecule has 1 aromatic rings. The van der Waals surface area contributed by atoms with Crippen molar-refractivity contribution in [2.75, 3.05) is 26.0 Å². The zero-order valence-corrected chi connectivity index (χ0v) is 11.3. The molecule has 2 rings (SSSR count). The van der Waals surface area contributed by atoms with Crippen LogP contribution in [0.1, 0.15) is 12.8 Å². The van der Waals surface area contributed by atoms with Crippen molar-refractivity contribution in [3.05, 3.63) is 12.3 Å². The number of hydrogen-bond donors (Lipinski definition) is 1. The maximum absolute atomic E-state index is 12.7. The van der Waals surface area contributed by atoms with Gasteiger partial charge in [0.25, 0.3) is 0 Å². The fraction of sp³-hybridized carbons (Fsp3) is 0.667. The van der Waals surface area contributed by atoms with Crippen molar-refractivity contribution in [1.29, 1.82) is 0 Å². The van der Waals surface area contributed by atoms with E-state index >= 15 is 0 Å². The van der Waals surface area contributed by atoms with E-state index in [1.54, 1.807) is 12.3 Å². The number of likely N-dealkylation sites (tertiary alicyclic amines) is 1. The smallest absolute Gasteiger partial charge is 0.404 e. The Bertz CT molecular complexity index is 455. The van der Waals surface area contributed by atoms with Crippen molar-refractivity contribution in [1.82, 2.24) is 14.9 Å². The van der Waals surface area contributed by atoms with Crippen molar-refractivity contribution in [2.24, 2.45) is 0 Å². The minimum atomic E-state index is -4.17. The number of piperidine rings is 1. The number of alkyl halides is 3. The van der Waals surface area contributed by atoms with Gasteiger partial charge in [-0.15, -0.1) is 0 Å². The molecule has 1 aromatic heterocycles. The number of methoxy groups -OCH3 is 1. The van der Waals surface area contributed by atoms with E-state index < -0.39 is 12.2 Å². The molecule has 1 saturated heterocycles. The molecule has 0 aromatic carbocycles. The van der Waals surface area contributed by atoms with Crippen LogP contribution in [0, 0.1) is 0 Å². The average Bonchev–Trinajstić information content (AvgIpc) is 2.37. The first-order valence-corrected chi connectivity index (χ1v) is 6.30. The minimum absolute atomic E-state index is 0.0711. The Morgan fingerprint density at radius 2 is 2.15 bits per heavy atom. The summed E-state index contributed by atoms with van der Waals surface area (Å²) in [5, 5.41) is 3.05. The summed E-state index contributed by atoms with van der Waals surface area (Å²) in [6.07, 6.45) is -2.14. The molecule has 0 saturated carbocycles. The minimum Gasteiger partial charge on any atom is -0.481 e. The van der Waals surface area contributed by atoms with Crippen molar-refractivity contribution >= 4 is 5.95 Å². The van der Waals surface area contributed by atoms with Gasteiger partial charge in [0.05, 0.1) is 7.11 Å². The summed E-state index contributed by atoms with van der Waals surface area (Å²) in [6.45, 7) is 0.296. The summed E-state index contributed by atoms with van der Waals surface area (Å²) >= 11 is 0. The number of nitrogens with one attached hydrogen (secondary N) is 1. The Hall–Kier alpha value is -1.57. The van der Waals surface area contributed by atoms with E-state index in [-0.39, 0.29) is 12.5 Å². The number of ether oxygens (including phenoxy) is 1. The number of rotatable bonds is 3. The Balaban J connectivity index is 1.96. The zero-order valence-electron chi connectivity index (χ0n) is 11.3. The molecule has 0 amide bonds. The zero-order chi connectivity index (χ0) is 14.8. The van der Waals surface area contributed by atoms with Crippen LogP contribution in [0.4, 0.5) is 19.1 Å². The first-order valence-electron chi connectivity index (χ1n) is 6.30. The van der Waals surface area contributed by atoms with Crippen LogP contribution in [0.3, 0.4) is 0 Å². The average molecular weight is 290 g/mol. The van der Waals surface area contributed by atoms with Crippen molar-refractivity contribution < 1.29 is 17.9 Å². The van der Waals surface area contributed by atoms with Gasteiger partial charge in [-0.3, -0.25) is 4.90 Å². The quantitative estimate of drug-likeness (QED) is 0.921. The number of hydrogen-bond acceptors (Lipinski definition) is 5. The van der Waals surface area contributed by atoms with Crippen LogP contribution in [0.5, 0.6) is 5.88 Å². The van der Waals surface area contributed by atoms with Gasteiger partial charge in [0.2, 0.25) is 11.8 Å². The third-order valence-corrected chi connectivity index (χ3v) is 3.38. The topological polar surface area (TPSA) is 50.3 Å². The predicted molar refractivity (Wildman–Crippen MR) is 67.7 cm³/mol. The van der Waals surface area contributed by atoms with Crippen LogP contribution in [0.15, 0.2) is 12.3 Å². The van der Waals surface area contributed by atoms with Crippen LogP contribution in [-0.2, 0) is 0 Å². The van der Waals surface area contributed by atoms with Crippen LogP contribution < -0.4 is 10.1 Å². The second-order valence-electron chi connectivity index (χ2n) is 4.84.